The van der Waals surface area contributed by atoms with E-state index >= 15 is 0 Å². The summed E-state index contributed by atoms with van der Waals surface area (Å²) >= 11 is 1.87. The van der Waals surface area contributed by atoms with E-state index in [0.717, 1.165) is 38.5 Å². The molecule has 16 heavy (non-hydrogen) atoms. The van der Waals surface area contributed by atoms with E-state index in [-0.39, 0.29) is 0 Å². The van der Waals surface area contributed by atoms with Gasteiger partial charge in [0.05, 0.1) is 10.7 Å². The van der Waals surface area contributed by atoms with E-state index in [2.05, 4.69) is 18.8 Å². The van der Waals surface area contributed by atoms with Crippen LogP contribution in [0.5, 0.6) is 0 Å². The minimum atomic E-state index is 0.437. The molecule has 1 saturated carbocycles. The Labute approximate surface area is 101 Å². The lowest BCUT2D eigenvalue weighted by atomic mass is 9.87. The number of ketones is 1. The lowest BCUT2D eigenvalue weighted by molar-refractivity contribution is -0.120. The van der Waals surface area contributed by atoms with E-state index in [9.17, 15) is 4.79 Å². The molecule has 0 bridgehead atoms. The van der Waals surface area contributed by atoms with Crippen LogP contribution < -0.4 is 0 Å². The molecule has 0 aromatic carbocycles. The predicted octanol–water partition coefficient (Wildman–Crippen LogP) is 3.63. The first kappa shape index (κ1) is 11.8. The van der Waals surface area contributed by atoms with Gasteiger partial charge in [0.25, 0.3) is 0 Å². The summed E-state index contributed by atoms with van der Waals surface area (Å²) in [6.07, 6.45) is 5.86. The van der Waals surface area contributed by atoms with Crippen molar-refractivity contribution < 1.29 is 4.79 Å². The van der Waals surface area contributed by atoms with Crippen LogP contribution in [0.3, 0.4) is 0 Å². The third kappa shape index (κ3) is 2.51. The SMILES string of the molecule is CCCc1nc(C)c(C2CCC(=O)CC2)s1. The molecule has 1 aliphatic rings. The van der Waals surface area contributed by atoms with Gasteiger partial charge in [-0.3, -0.25) is 4.79 Å². The molecule has 0 spiro atoms. The molecule has 0 amide bonds. The summed E-state index contributed by atoms with van der Waals surface area (Å²) in [6.45, 7) is 4.30. The molecule has 0 unspecified atom stereocenters. The summed E-state index contributed by atoms with van der Waals surface area (Å²) in [5.41, 5.74) is 1.20. The summed E-state index contributed by atoms with van der Waals surface area (Å²) in [7, 11) is 0. The number of hydrogen-bond acceptors (Lipinski definition) is 3. The quantitative estimate of drug-likeness (QED) is 0.803. The fourth-order valence-corrected chi connectivity index (χ4v) is 3.71. The van der Waals surface area contributed by atoms with Gasteiger partial charge in [-0.2, -0.15) is 0 Å². The van der Waals surface area contributed by atoms with E-state index in [1.54, 1.807) is 0 Å². The third-order valence-corrected chi connectivity index (χ3v) is 4.63. The van der Waals surface area contributed by atoms with E-state index in [1.165, 1.54) is 15.6 Å². The smallest absolute Gasteiger partial charge is 0.132 e. The van der Waals surface area contributed by atoms with Crippen molar-refractivity contribution in [3.05, 3.63) is 15.6 Å². The monoisotopic (exact) mass is 237 g/mol. The topological polar surface area (TPSA) is 30.0 Å². The van der Waals surface area contributed by atoms with E-state index in [1.807, 2.05) is 11.3 Å². The molecular weight excluding hydrogens is 218 g/mol. The van der Waals surface area contributed by atoms with Crippen LogP contribution in [0.2, 0.25) is 0 Å². The molecule has 88 valence electrons. The fourth-order valence-electron chi connectivity index (χ4n) is 2.37. The Morgan fingerprint density at radius 1 is 1.38 bits per heavy atom. The van der Waals surface area contributed by atoms with E-state index in [0.29, 0.717) is 11.7 Å². The van der Waals surface area contributed by atoms with Gasteiger partial charge in [-0.1, -0.05) is 6.92 Å². The highest BCUT2D eigenvalue weighted by molar-refractivity contribution is 7.11. The van der Waals surface area contributed by atoms with Crippen LogP contribution in [0.15, 0.2) is 0 Å². The van der Waals surface area contributed by atoms with Gasteiger partial charge in [-0.05, 0) is 38.5 Å². The molecule has 2 nitrogen and oxygen atoms in total. The second-order valence-corrected chi connectivity index (χ2v) is 5.74. The van der Waals surface area contributed by atoms with Gasteiger partial charge < -0.3 is 0 Å². The summed E-state index contributed by atoms with van der Waals surface area (Å²) in [6, 6.07) is 0. The number of carbonyl (C=O) groups excluding carboxylic acids is 1. The maximum atomic E-state index is 11.2. The molecule has 1 aromatic heterocycles. The summed E-state index contributed by atoms with van der Waals surface area (Å²) in [5, 5.41) is 1.27. The summed E-state index contributed by atoms with van der Waals surface area (Å²) in [5.74, 6) is 1.04. The number of aryl methyl sites for hydroxylation is 2. The van der Waals surface area contributed by atoms with Crippen molar-refractivity contribution in [2.24, 2.45) is 0 Å². The van der Waals surface area contributed by atoms with Gasteiger partial charge in [-0.25, -0.2) is 4.98 Å². The van der Waals surface area contributed by atoms with Gasteiger partial charge >= 0.3 is 0 Å². The normalized spacial score (nSPS) is 18.0. The first-order valence-corrected chi connectivity index (χ1v) is 7.00. The number of Topliss-reactive ketones (excluding diaryl/α,β-unsaturated/α-hetero) is 1. The Bertz CT molecular complexity index is 373. The zero-order valence-corrected chi connectivity index (χ0v) is 10.9. The molecule has 3 heteroatoms. The number of thiazole rings is 1. The van der Waals surface area contributed by atoms with Gasteiger partial charge in [0.15, 0.2) is 0 Å². The van der Waals surface area contributed by atoms with Crippen LogP contribution in [0.4, 0.5) is 0 Å². The lowest BCUT2D eigenvalue weighted by Crippen LogP contribution is -2.12. The number of carbonyl (C=O) groups is 1. The van der Waals surface area contributed by atoms with Gasteiger partial charge in [0.1, 0.15) is 5.78 Å². The van der Waals surface area contributed by atoms with Gasteiger partial charge in [0.2, 0.25) is 0 Å². The minimum Gasteiger partial charge on any atom is -0.300 e. The summed E-state index contributed by atoms with van der Waals surface area (Å²) < 4.78 is 0. The Hall–Kier alpha value is -0.700. The average molecular weight is 237 g/mol. The Balaban J connectivity index is 2.10. The maximum absolute atomic E-state index is 11.2. The molecule has 0 N–H and O–H groups in total. The maximum Gasteiger partial charge on any atom is 0.132 e. The second kappa shape index (κ2) is 5.09. The predicted molar refractivity (Wildman–Crippen MR) is 67.1 cm³/mol. The van der Waals surface area contributed by atoms with Crippen LogP contribution in [-0.2, 0) is 11.2 Å². The highest BCUT2D eigenvalue weighted by Crippen LogP contribution is 2.36. The first-order chi connectivity index (χ1) is 7.70. The molecule has 0 radical (unpaired) electrons. The van der Waals surface area contributed by atoms with Crippen molar-refractivity contribution >= 4 is 17.1 Å². The standard InChI is InChI=1S/C13H19NOS/c1-3-4-12-14-9(2)13(16-12)10-5-7-11(15)8-6-10/h10H,3-8H2,1-2H3. The lowest BCUT2D eigenvalue weighted by Gasteiger charge is -2.19. The number of rotatable bonds is 3. The minimum absolute atomic E-state index is 0.437. The molecule has 1 aliphatic carbocycles. The zero-order valence-electron chi connectivity index (χ0n) is 10.1. The number of aromatic nitrogens is 1. The van der Waals surface area contributed by atoms with Gasteiger partial charge in [0, 0.05) is 17.7 Å². The highest BCUT2D eigenvalue weighted by Gasteiger charge is 2.23. The zero-order chi connectivity index (χ0) is 11.5. The fraction of sp³-hybridized carbons (Fsp3) is 0.692. The van der Waals surface area contributed by atoms with Crippen LogP contribution in [-0.4, -0.2) is 10.8 Å². The average Bonchev–Trinajstić information content (AvgIpc) is 2.61. The largest absolute Gasteiger partial charge is 0.300 e. The third-order valence-electron chi connectivity index (χ3n) is 3.25. The molecule has 1 heterocycles. The molecular formula is C13H19NOS. The Morgan fingerprint density at radius 2 is 2.06 bits per heavy atom. The van der Waals surface area contributed by atoms with Crippen molar-refractivity contribution in [1.82, 2.24) is 4.98 Å². The van der Waals surface area contributed by atoms with Gasteiger partial charge in [-0.15, -0.1) is 11.3 Å². The van der Waals surface area contributed by atoms with Crippen LogP contribution >= 0.6 is 11.3 Å². The Kier molecular flexibility index (Phi) is 3.74. The van der Waals surface area contributed by atoms with Crippen LogP contribution in [0.1, 0.15) is 60.5 Å². The number of hydrogen-bond donors (Lipinski definition) is 0. The van der Waals surface area contributed by atoms with Crippen LogP contribution in [0, 0.1) is 6.92 Å². The molecule has 1 aromatic rings. The van der Waals surface area contributed by atoms with Crippen molar-refractivity contribution in [1.29, 1.82) is 0 Å². The van der Waals surface area contributed by atoms with Crippen molar-refractivity contribution in [2.75, 3.05) is 0 Å². The summed E-state index contributed by atoms with van der Waals surface area (Å²) in [4.78, 5) is 17.3. The van der Waals surface area contributed by atoms with Crippen molar-refractivity contribution in [3.8, 4) is 0 Å². The molecule has 2 rings (SSSR count). The van der Waals surface area contributed by atoms with E-state index in [4.69, 9.17) is 0 Å². The molecule has 0 saturated heterocycles. The first-order valence-electron chi connectivity index (χ1n) is 6.18. The van der Waals surface area contributed by atoms with Crippen molar-refractivity contribution in [2.45, 2.75) is 58.3 Å². The van der Waals surface area contributed by atoms with Crippen LogP contribution in [0.25, 0.3) is 0 Å². The molecule has 0 atom stereocenters. The second-order valence-electron chi connectivity index (χ2n) is 4.62. The van der Waals surface area contributed by atoms with Crippen molar-refractivity contribution in [3.63, 3.8) is 0 Å². The molecule has 1 fully saturated rings. The molecule has 0 aliphatic heterocycles. The van der Waals surface area contributed by atoms with E-state index < -0.39 is 0 Å². The highest BCUT2D eigenvalue weighted by atomic mass is 32.1. The Morgan fingerprint density at radius 3 is 2.69 bits per heavy atom. The number of nitrogens with zero attached hydrogens (tertiary/aromatic N) is 1.